The fourth-order valence-corrected chi connectivity index (χ4v) is 2.81. The van der Waals surface area contributed by atoms with Gasteiger partial charge in [0, 0.05) is 0 Å². The molecule has 0 aromatic rings. The zero-order valence-corrected chi connectivity index (χ0v) is 13.3. The summed E-state index contributed by atoms with van der Waals surface area (Å²) in [5, 5.41) is 9.10. The van der Waals surface area contributed by atoms with Crippen molar-refractivity contribution in [1.82, 2.24) is 9.62 Å². The van der Waals surface area contributed by atoms with E-state index in [0.29, 0.717) is 24.2 Å². The Morgan fingerprint density at radius 2 is 1.06 bits per heavy atom. The highest BCUT2D eigenvalue weighted by atomic mass is 15.3. The van der Waals surface area contributed by atoms with Crippen molar-refractivity contribution in [3.8, 4) is 0 Å². The Kier molecular flexibility index (Phi) is 7.53. The molecule has 0 aliphatic heterocycles. The van der Waals surface area contributed by atoms with Crippen molar-refractivity contribution >= 4 is 12.9 Å². The molecular formula is C14H29BN3-. The first-order chi connectivity index (χ1) is 8.23. The topological polar surface area (TPSA) is 28.8 Å². The average Bonchev–Trinajstić information content (AvgIpc) is 2.14. The fraction of sp³-hybridized carbons (Fsp3) is 0.857. The van der Waals surface area contributed by atoms with Gasteiger partial charge in [-0.3, -0.25) is 5.87 Å². The Labute approximate surface area is 114 Å². The van der Waals surface area contributed by atoms with E-state index in [1.54, 1.807) is 5.98 Å². The molecule has 0 N–H and O–H groups in total. The van der Waals surface area contributed by atoms with E-state index in [1.807, 2.05) is 0 Å². The summed E-state index contributed by atoms with van der Waals surface area (Å²) in [6.45, 7) is 17.6. The lowest BCUT2D eigenvalue weighted by Crippen LogP contribution is -2.60. The summed E-state index contributed by atoms with van der Waals surface area (Å²) in [6.07, 6.45) is 0. The molecule has 0 radical (unpaired) electrons. The lowest BCUT2D eigenvalue weighted by Gasteiger charge is -2.44. The summed E-state index contributed by atoms with van der Waals surface area (Å²) < 4.78 is 0. The van der Waals surface area contributed by atoms with E-state index in [9.17, 15) is 0 Å². The van der Waals surface area contributed by atoms with Gasteiger partial charge in [-0.25, -0.2) is 0 Å². The van der Waals surface area contributed by atoms with Crippen molar-refractivity contribution in [2.45, 2.75) is 79.6 Å². The molecule has 0 fully saturated rings. The zero-order valence-electron chi connectivity index (χ0n) is 13.3. The molecule has 0 bridgehead atoms. The van der Waals surface area contributed by atoms with Crippen LogP contribution in [0.3, 0.4) is 0 Å². The Balaban J connectivity index is 5.43. The molecule has 0 atom stereocenters. The molecule has 0 saturated carbocycles. The summed E-state index contributed by atoms with van der Waals surface area (Å²) >= 11 is 0. The Bertz CT molecular complexity index is 245. The van der Waals surface area contributed by atoms with Crippen LogP contribution in [0.2, 0.25) is 0 Å². The average molecular weight is 250 g/mol. The largest absolute Gasteiger partial charge is 0.764 e. The molecule has 0 aliphatic carbocycles. The summed E-state index contributed by atoms with van der Waals surface area (Å²) in [4.78, 5) is 4.78. The van der Waals surface area contributed by atoms with Crippen LogP contribution in [-0.2, 0) is 0 Å². The zero-order chi connectivity index (χ0) is 14.5. The molecule has 4 heteroatoms. The van der Waals surface area contributed by atoms with Crippen LogP contribution in [0.5, 0.6) is 0 Å². The highest BCUT2D eigenvalue weighted by molar-refractivity contribution is 6.60. The lowest BCUT2D eigenvalue weighted by molar-refractivity contribution is 0.228. The molecule has 0 amide bonds. The second-order valence-electron chi connectivity index (χ2n) is 5.98. The van der Waals surface area contributed by atoms with E-state index < -0.39 is 0 Å². The number of nitrogens with zero attached hydrogens (tertiary/aromatic N) is 3. The van der Waals surface area contributed by atoms with Crippen LogP contribution in [-0.4, -0.2) is 46.6 Å². The van der Waals surface area contributed by atoms with Crippen molar-refractivity contribution in [2.24, 2.45) is 0 Å². The van der Waals surface area contributed by atoms with Crippen molar-refractivity contribution in [3.05, 3.63) is 11.4 Å². The van der Waals surface area contributed by atoms with Crippen LogP contribution in [0, 0.1) is 0 Å². The highest BCUT2D eigenvalue weighted by Gasteiger charge is 2.34. The van der Waals surface area contributed by atoms with Crippen molar-refractivity contribution < 1.29 is 0 Å². The maximum atomic E-state index is 9.10. The predicted octanol–water partition coefficient (Wildman–Crippen LogP) is 3.05. The van der Waals surface area contributed by atoms with Gasteiger partial charge in [-0.05, 0) is 24.2 Å². The van der Waals surface area contributed by atoms with Crippen molar-refractivity contribution in [3.63, 3.8) is 0 Å². The van der Waals surface area contributed by atoms with E-state index in [4.69, 9.17) is 5.41 Å². The lowest BCUT2D eigenvalue weighted by atomic mass is 9.67. The summed E-state index contributed by atoms with van der Waals surface area (Å²) in [7, 11) is 0. The Morgan fingerprint density at radius 3 is 1.22 bits per heavy atom. The molecule has 0 heterocycles. The number of rotatable bonds is 7. The van der Waals surface area contributed by atoms with Crippen LogP contribution in [0.25, 0.3) is 5.41 Å². The van der Waals surface area contributed by atoms with Crippen molar-refractivity contribution in [1.29, 1.82) is 0 Å². The minimum absolute atomic E-state index is 0.0787. The minimum Gasteiger partial charge on any atom is -0.764 e. The second-order valence-corrected chi connectivity index (χ2v) is 5.98. The third-order valence-electron chi connectivity index (χ3n) is 3.22. The summed E-state index contributed by atoms with van der Waals surface area (Å²) in [6, 6.07) is 1.67. The predicted molar refractivity (Wildman–Crippen MR) is 82.9 cm³/mol. The Hall–Kier alpha value is -0.565. The first kappa shape index (κ1) is 17.4. The molecular weight excluding hydrogens is 221 g/mol. The van der Waals surface area contributed by atoms with Gasteiger partial charge in [0.15, 0.2) is 0 Å². The van der Waals surface area contributed by atoms with Gasteiger partial charge in [0.05, 0.1) is 0 Å². The normalized spacial score (nSPS) is 12.1. The van der Waals surface area contributed by atoms with E-state index in [2.05, 4.69) is 70.9 Å². The molecule has 0 aliphatic rings. The number of hydrogen-bond donors (Lipinski definition) is 0. The summed E-state index contributed by atoms with van der Waals surface area (Å²) in [5.41, 5.74) is 0. The maximum Gasteiger partial charge on any atom is 0.345 e. The van der Waals surface area contributed by atoms with Gasteiger partial charge >= 0.3 is 6.98 Å². The third kappa shape index (κ3) is 4.60. The molecule has 0 aromatic heterocycles. The molecule has 3 nitrogen and oxygen atoms in total. The van der Waals surface area contributed by atoms with E-state index in [-0.39, 0.29) is 6.98 Å². The van der Waals surface area contributed by atoms with Crippen LogP contribution < -0.4 is 0 Å². The highest BCUT2D eigenvalue weighted by Crippen LogP contribution is 2.17. The van der Waals surface area contributed by atoms with Gasteiger partial charge in [-0.2, -0.15) is 0 Å². The standard InChI is InChI=1S/C14H29BN3/c1-11(2)17(12(3)4)15(9-10-16)18(13(5)6)14(7)8/h9,11-14H,1-8H3/q-1. The molecule has 104 valence electrons. The molecule has 0 spiro atoms. The summed E-state index contributed by atoms with van der Waals surface area (Å²) in [5.74, 6) is 4.00. The van der Waals surface area contributed by atoms with E-state index >= 15 is 0 Å². The monoisotopic (exact) mass is 250 g/mol. The first-order valence-corrected chi connectivity index (χ1v) is 7.01. The van der Waals surface area contributed by atoms with E-state index in [0.717, 1.165) is 0 Å². The molecule has 0 saturated heterocycles. The van der Waals surface area contributed by atoms with Crippen LogP contribution >= 0.6 is 0 Å². The van der Waals surface area contributed by atoms with Crippen LogP contribution in [0.15, 0.2) is 5.98 Å². The van der Waals surface area contributed by atoms with Gasteiger partial charge in [0.25, 0.3) is 0 Å². The molecule has 0 rings (SSSR count). The molecule has 18 heavy (non-hydrogen) atoms. The Morgan fingerprint density at radius 1 is 0.778 bits per heavy atom. The van der Waals surface area contributed by atoms with Gasteiger partial charge in [0.1, 0.15) is 0 Å². The smallest absolute Gasteiger partial charge is 0.345 e. The van der Waals surface area contributed by atoms with Gasteiger partial charge in [0.2, 0.25) is 0 Å². The van der Waals surface area contributed by atoms with Crippen molar-refractivity contribution in [2.75, 3.05) is 0 Å². The third-order valence-corrected chi connectivity index (χ3v) is 3.22. The minimum atomic E-state index is 0.0787. The quantitative estimate of drug-likeness (QED) is 0.513. The number of hydrogen-bond acceptors (Lipinski definition) is 2. The van der Waals surface area contributed by atoms with Crippen LogP contribution in [0.1, 0.15) is 55.4 Å². The van der Waals surface area contributed by atoms with Crippen LogP contribution in [0.4, 0.5) is 0 Å². The molecule has 0 aromatic carbocycles. The first-order valence-electron chi connectivity index (χ1n) is 7.01. The SMILES string of the molecule is CC(C)N(B(C=C=[N-])N(C(C)C)C(C)C)C(C)C. The fourth-order valence-electron chi connectivity index (χ4n) is 2.81. The maximum absolute atomic E-state index is 9.10. The van der Waals surface area contributed by atoms with Gasteiger partial charge < -0.3 is 15.0 Å². The second kappa shape index (κ2) is 7.78. The molecule has 0 unspecified atom stereocenters. The van der Waals surface area contributed by atoms with Gasteiger partial charge in [-0.1, -0.05) is 61.4 Å². The van der Waals surface area contributed by atoms with Gasteiger partial charge in [-0.15, -0.1) is 0 Å². The van der Waals surface area contributed by atoms with E-state index in [1.165, 1.54) is 0 Å².